The normalized spacial score (nSPS) is 19.2. The molecule has 1 saturated carbocycles. The summed E-state index contributed by atoms with van der Waals surface area (Å²) in [6.45, 7) is 2.52. The maximum absolute atomic E-state index is 12.1. The minimum atomic E-state index is -3.09. The van der Waals surface area contributed by atoms with Crippen LogP contribution in [-0.2, 0) is 10.0 Å². The Morgan fingerprint density at radius 2 is 1.88 bits per heavy atom. The minimum Gasteiger partial charge on any atom is -0.212 e. The van der Waals surface area contributed by atoms with Crippen LogP contribution in [0.25, 0.3) is 0 Å². The van der Waals surface area contributed by atoms with Crippen molar-refractivity contribution in [3.63, 3.8) is 0 Å². The van der Waals surface area contributed by atoms with Gasteiger partial charge >= 0.3 is 0 Å². The molecule has 0 aromatic carbocycles. The van der Waals surface area contributed by atoms with Crippen molar-refractivity contribution in [2.45, 2.75) is 51.5 Å². The fourth-order valence-corrected chi connectivity index (χ4v) is 4.50. The van der Waals surface area contributed by atoms with Crippen molar-refractivity contribution >= 4 is 21.6 Å². The van der Waals surface area contributed by atoms with Gasteiger partial charge in [-0.1, -0.05) is 26.2 Å². The van der Waals surface area contributed by atoms with Gasteiger partial charge in [-0.25, -0.2) is 8.42 Å². The van der Waals surface area contributed by atoms with Gasteiger partial charge < -0.3 is 0 Å². The SMILES string of the molecule is CCN(C1CCCCC1)S(=O)(=O)CCCCl. The topological polar surface area (TPSA) is 37.4 Å². The summed E-state index contributed by atoms with van der Waals surface area (Å²) in [5.74, 6) is 0.613. The molecule has 0 N–H and O–H groups in total. The van der Waals surface area contributed by atoms with Crippen molar-refractivity contribution in [2.75, 3.05) is 18.2 Å². The van der Waals surface area contributed by atoms with Crippen LogP contribution in [0.2, 0.25) is 0 Å². The van der Waals surface area contributed by atoms with E-state index in [9.17, 15) is 8.42 Å². The van der Waals surface area contributed by atoms with Gasteiger partial charge in [0, 0.05) is 18.5 Å². The van der Waals surface area contributed by atoms with Gasteiger partial charge in [-0.15, -0.1) is 11.6 Å². The molecule has 96 valence electrons. The van der Waals surface area contributed by atoms with Gasteiger partial charge in [0.15, 0.2) is 0 Å². The summed E-state index contributed by atoms with van der Waals surface area (Å²) in [6, 6.07) is 0.235. The smallest absolute Gasteiger partial charge is 0.212 e. The third kappa shape index (κ3) is 3.90. The first-order valence-electron chi connectivity index (χ1n) is 6.17. The molecule has 3 nitrogen and oxygen atoms in total. The number of hydrogen-bond donors (Lipinski definition) is 0. The molecular weight excluding hydrogens is 246 g/mol. The van der Waals surface area contributed by atoms with E-state index in [1.807, 2.05) is 6.92 Å². The van der Waals surface area contributed by atoms with Crippen LogP contribution in [0, 0.1) is 0 Å². The zero-order valence-electron chi connectivity index (χ0n) is 9.99. The average molecular weight is 268 g/mol. The van der Waals surface area contributed by atoms with E-state index in [-0.39, 0.29) is 11.8 Å². The van der Waals surface area contributed by atoms with Crippen molar-refractivity contribution in [3.8, 4) is 0 Å². The average Bonchev–Trinajstić information content (AvgIpc) is 2.28. The van der Waals surface area contributed by atoms with Crippen LogP contribution in [0.5, 0.6) is 0 Å². The molecule has 1 fully saturated rings. The van der Waals surface area contributed by atoms with Crippen molar-refractivity contribution in [1.29, 1.82) is 0 Å². The first-order valence-corrected chi connectivity index (χ1v) is 8.31. The molecule has 0 heterocycles. The lowest BCUT2D eigenvalue weighted by molar-refractivity contribution is 0.261. The molecule has 0 aromatic heterocycles. The molecule has 0 amide bonds. The molecule has 0 aromatic rings. The fourth-order valence-electron chi connectivity index (χ4n) is 2.41. The summed E-state index contributed by atoms with van der Waals surface area (Å²) < 4.78 is 25.9. The molecule has 0 bridgehead atoms. The predicted molar refractivity (Wildman–Crippen MR) is 68.4 cm³/mol. The third-order valence-electron chi connectivity index (χ3n) is 3.19. The second kappa shape index (κ2) is 6.82. The van der Waals surface area contributed by atoms with Gasteiger partial charge in [0.1, 0.15) is 0 Å². The maximum atomic E-state index is 12.1. The Hall–Kier alpha value is 0.200. The van der Waals surface area contributed by atoms with Crippen molar-refractivity contribution in [3.05, 3.63) is 0 Å². The largest absolute Gasteiger partial charge is 0.214 e. The monoisotopic (exact) mass is 267 g/mol. The highest BCUT2D eigenvalue weighted by Crippen LogP contribution is 2.24. The highest BCUT2D eigenvalue weighted by atomic mass is 35.5. The summed E-state index contributed by atoms with van der Waals surface area (Å²) in [6.07, 6.45) is 6.16. The Bertz CT molecular complexity index is 286. The second-order valence-corrected chi connectivity index (χ2v) is 6.77. The van der Waals surface area contributed by atoms with Crippen LogP contribution in [0.4, 0.5) is 0 Å². The highest BCUT2D eigenvalue weighted by Gasteiger charge is 2.28. The standard InChI is InChI=1S/C11H22ClNO2S/c1-2-13(11-7-4-3-5-8-11)16(14,15)10-6-9-12/h11H,2-10H2,1H3. The van der Waals surface area contributed by atoms with E-state index in [2.05, 4.69) is 0 Å². The maximum Gasteiger partial charge on any atom is 0.214 e. The van der Waals surface area contributed by atoms with Gasteiger partial charge in [-0.2, -0.15) is 4.31 Å². The van der Waals surface area contributed by atoms with Gasteiger partial charge in [0.25, 0.3) is 0 Å². The Balaban J connectivity index is 2.64. The molecule has 16 heavy (non-hydrogen) atoms. The summed E-state index contributed by atoms with van der Waals surface area (Å²) in [5, 5.41) is 0. The van der Waals surface area contributed by atoms with Crippen LogP contribution >= 0.6 is 11.6 Å². The van der Waals surface area contributed by atoms with E-state index in [4.69, 9.17) is 11.6 Å². The molecule has 1 rings (SSSR count). The van der Waals surface area contributed by atoms with Gasteiger partial charge in [0.05, 0.1) is 5.75 Å². The first kappa shape index (κ1) is 14.3. The second-order valence-electron chi connectivity index (χ2n) is 4.35. The van der Waals surface area contributed by atoms with Gasteiger partial charge in [-0.05, 0) is 19.3 Å². The molecule has 0 atom stereocenters. The molecule has 0 unspecified atom stereocenters. The lowest BCUT2D eigenvalue weighted by Gasteiger charge is -2.32. The molecule has 1 aliphatic rings. The zero-order valence-corrected chi connectivity index (χ0v) is 11.6. The first-order chi connectivity index (χ1) is 7.61. The van der Waals surface area contributed by atoms with E-state index in [0.29, 0.717) is 18.8 Å². The highest BCUT2D eigenvalue weighted by molar-refractivity contribution is 7.89. The molecular formula is C11H22ClNO2S. The van der Waals surface area contributed by atoms with Gasteiger partial charge in [-0.3, -0.25) is 0 Å². The van der Waals surface area contributed by atoms with Crippen LogP contribution in [-0.4, -0.2) is 36.9 Å². The van der Waals surface area contributed by atoms with Crippen LogP contribution in [0.15, 0.2) is 0 Å². The zero-order chi connectivity index (χ0) is 12.0. The van der Waals surface area contributed by atoms with E-state index in [1.165, 1.54) is 6.42 Å². The lowest BCUT2D eigenvalue weighted by atomic mass is 9.95. The van der Waals surface area contributed by atoms with E-state index in [0.717, 1.165) is 25.7 Å². The third-order valence-corrected chi connectivity index (χ3v) is 5.53. The number of hydrogen-bond acceptors (Lipinski definition) is 2. The summed E-state index contributed by atoms with van der Waals surface area (Å²) in [4.78, 5) is 0. The van der Waals surface area contributed by atoms with Crippen molar-refractivity contribution in [2.24, 2.45) is 0 Å². The quantitative estimate of drug-likeness (QED) is 0.694. The van der Waals surface area contributed by atoms with Crippen LogP contribution in [0.1, 0.15) is 45.4 Å². The number of rotatable bonds is 6. The van der Waals surface area contributed by atoms with Crippen molar-refractivity contribution in [1.82, 2.24) is 4.31 Å². The van der Waals surface area contributed by atoms with E-state index >= 15 is 0 Å². The fraction of sp³-hybridized carbons (Fsp3) is 1.00. The molecule has 1 aliphatic carbocycles. The summed E-state index contributed by atoms with van der Waals surface area (Å²) in [7, 11) is -3.09. The van der Waals surface area contributed by atoms with E-state index < -0.39 is 10.0 Å². The number of alkyl halides is 1. The Labute approximate surface area is 104 Å². The predicted octanol–water partition coefficient (Wildman–Crippen LogP) is 2.60. The molecule has 0 spiro atoms. The molecule has 0 radical (unpaired) electrons. The summed E-state index contributed by atoms with van der Waals surface area (Å²) in [5.41, 5.74) is 0. The lowest BCUT2D eigenvalue weighted by Crippen LogP contribution is -2.42. The Kier molecular flexibility index (Phi) is 6.08. The van der Waals surface area contributed by atoms with Crippen LogP contribution in [0.3, 0.4) is 0 Å². The number of sulfonamides is 1. The van der Waals surface area contributed by atoms with Crippen molar-refractivity contribution < 1.29 is 8.42 Å². The summed E-state index contributed by atoms with van der Waals surface area (Å²) >= 11 is 5.56. The minimum absolute atomic E-state index is 0.195. The molecule has 0 saturated heterocycles. The molecule has 0 aliphatic heterocycles. The number of nitrogens with zero attached hydrogens (tertiary/aromatic N) is 1. The Morgan fingerprint density at radius 1 is 1.25 bits per heavy atom. The van der Waals surface area contributed by atoms with E-state index in [1.54, 1.807) is 4.31 Å². The van der Waals surface area contributed by atoms with Gasteiger partial charge in [0.2, 0.25) is 10.0 Å². The number of halogens is 1. The van der Waals surface area contributed by atoms with Crippen LogP contribution < -0.4 is 0 Å². The Morgan fingerprint density at radius 3 is 2.38 bits per heavy atom. The molecule has 5 heteroatoms.